The summed E-state index contributed by atoms with van der Waals surface area (Å²) in [4.78, 5) is 15.2. The molecule has 0 spiro atoms. The maximum atomic E-state index is 13.2. The zero-order valence-electron chi connectivity index (χ0n) is 17.9. The average molecular weight is 431 g/mol. The minimum atomic E-state index is -3.72. The molecule has 162 valence electrons. The zero-order valence-corrected chi connectivity index (χ0v) is 18.7. The van der Waals surface area contributed by atoms with Crippen LogP contribution in [-0.2, 0) is 14.8 Å². The van der Waals surface area contributed by atoms with E-state index < -0.39 is 10.0 Å². The number of amides is 1. The molecule has 0 unspecified atom stereocenters. The predicted molar refractivity (Wildman–Crippen MR) is 117 cm³/mol. The minimum Gasteiger partial charge on any atom is -0.497 e. The van der Waals surface area contributed by atoms with Crippen LogP contribution in [0.15, 0.2) is 53.4 Å². The second-order valence-electron chi connectivity index (χ2n) is 7.80. The van der Waals surface area contributed by atoms with Crippen LogP contribution in [0.4, 0.5) is 0 Å². The Balaban J connectivity index is 1.78. The molecule has 0 radical (unpaired) electrons. The van der Waals surface area contributed by atoms with Crippen molar-refractivity contribution in [1.82, 2.24) is 9.21 Å². The number of carbonyl (C=O) groups excluding carboxylic acids is 1. The molecule has 0 N–H and O–H groups in total. The van der Waals surface area contributed by atoms with Crippen LogP contribution in [0.5, 0.6) is 5.75 Å². The van der Waals surface area contributed by atoms with Gasteiger partial charge >= 0.3 is 0 Å². The van der Waals surface area contributed by atoms with Crippen molar-refractivity contribution in [3.8, 4) is 5.75 Å². The molecule has 0 bridgehead atoms. The summed E-state index contributed by atoms with van der Waals surface area (Å²) < 4.78 is 32.2. The molecule has 1 saturated heterocycles. The van der Waals surface area contributed by atoms with Gasteiger partial charge in [-0.1, -0.05) is 42.7 Å². The Kier molecular flexibility index (Phi) is 7.15. The van der Waals surface area contributed by atoms with Gasteiger partial charge in [-0.15, -0.1) is 0 Å². The molecule has 2 aromatic carbocycles. The summed E-state index contributed by atoms with van der Waals surface area (Å²) in [5, 5.41) is 0. The third-order valence-corrected chi connectivity index (χ3v) is 7.48. The quantitative estimate of drug-likeness (QED) is 0.700. The average Bonchev–Trinajstić information content (AvgIpc) is 3.00. The third kappa shape index (κ3) is 5.02. The Labute approximate surface area is 179 Å². The second-order valence-corrected chi connectivity index (χ2v) is 9.84. The molecular formula is C23H30N2O4S. The lowest BCUT2D eigenvalue weighted by Gasteiger charge is -2.32. The standard InChI is InChI=1S/C23H30N2O4S/c1-18-8-14-21(15-9-18)30(27,28)24(2)17-23(26)25-16-6-4-5-7-22(25)19-10-12-20(29-3)13-11-19/h8-15,22H,4-7,16-17H2,1-3H3/t22-/m0/s1. The molecule has 1 heterocycles. The number of benzene rings is 2. The smallest absolute Gasteiger partial charge is 0.243 e. The van der Waals surface area contributed by atoms with Crippen LogP contribution in [0.2, 0.25) is 0 Å². The SMILES string of the molecule is COc1ccc([C@@H]2CCCCCN2C(=O)CN(C)S(=O)(=O)c2ccc(C)cc2)cc1. The number of aryl methyl sites for hydroxylation is 1. The van der Waals surface area contributed by atoms with Gasteiger partial charge in [0.15, 0.2) is 0 Å². The lowest BCUT2D eigenvalue weighted by Crippen LogP contribution is -2.42. The molecule has 30 heavy (non-hydrogen) atoms. The van der Waals surface area contributed by atoms with Crippen molar-refractivity contribution in [3.63, 3.8) is 0 Å². The first-order valence-electron chi connectivity index (χ1n) is 10.3. The molecule has 6 nitrogen and oxygen atoms in total. The van der Waals surface area contributed by atoms with Gasteiger partial charge in [-0.25, -0.2) is 8.42 Å². The molecule has 1 atom stereocenters. The van der Waals surface area contributed by atoms with Crippen LogP contribution >= 0.6 is 0 Å². The van der Waals surface area contributed by atoms with Crippen molar-refractivity contribution in [2.45, 2.75) is 43.5 Å². The zero-order chi connectivity index (χ0) is 21.7. The van der Waals surface area contributed by atoms with E-state index in [4.69, 9.17) is 4.74 Å². The van der Waals surface area contributed by atoms with Crippen molar-refractivity contribution < 1.29 is 17.9 Å². The largest absolute Gasteiger partial charge is 0.497 e. The predicted octanol–water partition coefficient (Wildman–Crippen LogP) is 3.77. The Bertz CT molecular complexity index is 956. The van der Waals surface area contributed by atoms with Gasteiger partial charge in [0.25, 0.3) is 0 Å². The number of methoxy groups -OCH3 is 1. The molecule has 0 aliphatic carbocycles. The molecule has 1 fully saturated rings. The van der Waals surface area contributed by atoms with E-state index in [0.29, 0.717) is 6.54 Å². The first kappa shape index (κ1) is 22.3. The van der Waals surface area contributed by atoms with E-state index >= 15 is 0 Å². The summed E-state index contributed by atoms with van der Waals surface area (Å²) in [6.07, 6.45) is 3.89. The second kappa shape index (κ2) is 9.62. The highest BCUT2D eigenvalue weighted by atomic mass is 32.2. The van der Waals surface area contributed by atoms with Crippen LogP contribution in [0.25, 0.3) is 0 Å². The molecular weight excluding hydrogens is 400 g/mol. The highest BCUT2D eigenvalue weighted by Gasteiger charge is 2.30. The number of likely N-dealkylation sites (N-methyl/N-ethyl adjacent to an activating group) is 1. The van der Waals surface area contributed by atoms with E-state index in [2.05, 4.69) is 0 Å². The Morgan fingerprint density at radius 1 is 1.07 bits per heavy atom. The van der Waals surface area contributed by atoms with Crippen LogP contribution < -0.4 is 4.74 Å². The van der Waals surface area contributed by atoms with E-state index in [1.165, 1.54) is 7.05 Å². The Morgan fingerprint density at radius 2 is 1.73 bits per heavy atom. The van der Waals surface area contributed by atoms with Crippen LogP contribution in [0.3, 0.4) is 0 Å². The minimum absolute atomic E-state index is 0.0543. The summed E-state index contributed by atoms with van der Waals surface area (Å²) in [6, 6.07) is 14.4. The van der Waals surface area contributed by atoms with Crippen molar-refractivity contribution in [2.75, 3.05) is 27.2 Å². The highest BCUT2D eigenvalue weighted by Crippen LogP contribution is 2.31. The number of nitrogens with zero attached hydrogens (tertiary/aromatic N) is 2. The van der Waals surface area contributed by atoms with Gasteiger partial charge in [0.1, 0.15) is 5.75 Å². The van der Waals surface area contributed by atoms with Gasteiger partial charge in [-0.3, -0.25) is 4.79 Å². The van der Waals surface area contributed by atoms with Gasteiger partial charge < -0.3 is 9.64 Å². The van der Waals surface area contributed by atoms with E-state index in [9.17, 15) is 13.2 Å². The lowest BCUT2D eigenvalue weighted by atomic mass is 10.0. The third-order valence-electron chi connectivity index (χ3n) is 5.66. The van der Waals surface area contributed by atoms with Crippen molar-refractivity contribution in [1.29, 1.82) is 0 Å². The molecule has 0 saturated carbocycles. The summed E-state index contributed by atoms with van der Waals surface area (Å²) in [6.45, 7) is 2.36. The van der Waals surface area contributed by atoms with Gasteiger partial charge in [-0.2, -0.15) is 4.31 Å². The molecule has 2 aromatic rings. The van der Waals surface area contributed by atoms with E-state index in [1.807, 2.05) is 36.1 Å². The fourth-order valence-electron chi connectivity index (χ4n) is 3.84. The number of rotatable bonds is 6. The maximum Gasteiger partial charge on any atom is 0.243 e. The van der Waals surface area contributed by atoms with Gasteiger partial charge in [0, 0.05) is 13.6 Å². The molecule has 1 aliphatic rings. The molecule has 7 heteroatoms. The van der Waals surface area contributed by atoms with Gasteiger partial charge in [0.2, 0.25) is 15.9 Å². The number of likely N-dealkylation sites (tertiary alicyclic amines) is 1. The van der Waals surface area contributed by atoms with Crippen LogP contribution in [0, 0.1) is 6.92 Å². The van der Waals surface area contributed by atoms with Crippen LogP contribution in [-0.4, -0.2) is 50.8 Å². The van der Waals surface area contributed by atoms with Crippen LogP contribution in [0.1, 0.15) is 42.9 Å². The highest BCUT2D eigenvalue weighted by molar-refractivity contribution is 7.89. The summed E-state index contributed by atoms with van der Waals surface area (Å²) in [7, 11) is -0.629. The Morgan fingerprint density at radius 3 is 2.37 bits per heavy atom. The number of hydrogen-bond acceptors (Lipinski definition) is 4. The summed E-state index contributed by atoms with van der Waals surface area (Å²) in [5.41, 5.74) is 2.04. The van der Waals surface area contributed by atoms with E-state index in [0.717, 1.165) is 46.9 Å². The van der Waals surface area contributed by atoms with E-state index in [-0.39, 0.29) is 23.4 Å². The van der Waals surface area contributed by atoms with Gasteiger partial charge in [0.05, 0.1) is 24.6 Å². The molecule has 0 aromatic heterocycles. The summed E-state index contributed by atoms with van der Waals surface area (Å²) >= 11 is 0. The van der Waals surface area contributed by atoms with E-state index in [1.54, 1.807) is 31.4 Å². The van der Waals surface area contributed by atoms with Crippen molar-refractivity contribution in [2.24, 2.45) is 0 Å². The summed E-state index contributed by atoms with van der Waals surface area (Å²) in [5.74, 6) is 0.602. The number of ether oxygens (including phenoxy) is 1. The fourth-order valence-corrected chi connectivity index (χ4v) is 4.96. The fraction of sp³-hybridized carbons (Fsp3) is 0.435. The first-order chi connectivity index (χ1) is 14.3. The topological polar surface area (TPSA) is 66.9 Å². The lowest BCUT2D eigenvalue weighted by molar-refractivity contribution is -0.133. The number of sulfonamides is 1. The van der Waals surface area contributed by atoms with Crippen molar-refractivity contribution >= 4 is 15.9 Å². The Hall–Kier alpha value is -2.38. The molecule has 3 rings (SSSR count). The first-order valence-corrected chi connectivity index (χ1v) is 11.7. The molecule has 1 amide bonds. The molecule has 1 aliphatic heterocycles. The van der Waals surface area contributed by atoms with Crippen molar-refractivity contribution in [3.05, 3.63) is 59.7 Å². The van der Waals surface area contributed by atoms with Gasteiger partial charge in [-0.05, 0) is 49.6 Å². The number of carbonyl (C=O) groups is 1. The number of hydrogen-bond donors (Lipinski definition) is 0. The normalized spacial score (nSPS) is 17.6. The maximum absolute atomic E-state index is 13.2. The monoisotopic (exact) mass is 430 g/mol.